The molecular weight excluding hydrogens is 445 g/mol. The van der Waals surface area contributed by atoms with Crippen molar-refractivity contribution in [1.29, 1.82) is 0 Å². The number of carbonyl (C=O) groups is 1. The van der Waals surface area contributed by atoms with Crippen molar-refractivity contribution in [2.45, 2.75) is 44.7 Å². The number of aromatic nitrogens is 3. The Morgan fingerprint density at radius 3 is 2.41 bits per heavy atom. The number of rotatable bonds is 4. The molecule has 1 N–H and O–H groups in total. The summed E-state index contributed by atoms with van der Waals surface area (Å²) in [4.78, 5) is 30.6. The number of benzene rings is 1. The Hall–Kier alpha value is -3.23. The molecule has 7 rings (SSSR count). The van der Waals surface area contributed by atoms with E-state index in [2.05, 4.69) is 15.5 Å². The standard InChI is InChI=1S/C25H23F3N4O2/c26-25(27,28)20-6-5-16(13-29-20)22-18-3-1-2-4-19(18)23(34)32(31-22)30-21(33)12-24-10-14-7-15(11-24)9-17(24)8-14/h1-6,13-15,17H,7-12H2,(H,30,33). The molecule has 0 aliphatic heterocycles. The van der Waals surface area contributed by atoms with E-state index in [1.54, 1.807) is 24.3 Å². The van der Waals surface area contributed by atoms with Crippen molar-refractivity contribution in [3.8, 4) is 11.3 Å². The quantitative estimate of drug-likeness (QED) is 0.599. The van der Waals surface area contributed by atoms with Gasteiger partial charge in [0.1, 0.15) is 11.4 Å². The maximum Gasteiger partial charge on any atom is 0.433 e. The fraction of sp³-hybridized carbons (Fsp3) is 0.440. The molecule has 4 saturated carbocycles. The van der Waals surface area contributed by atoms with Crippen LogP contribution >= 0.6 is 0 Å². The van der Waals surface area contributed by atoms with Crippen molar-refractivity contribution >= 4 is 16.7 Å². The topological polar surface area (TPSA) is 76.9 Å². The number of nitrogens with zero attached hydrogens (tertiary/aromatic N) is 3. The molecule has 4 aliphatic rings. The second-order valence-corrected chi connectivity index (χ2v) is 10.2. The molecule has 1 aromatic carbocycles. The van der Waals surface area contributed by atoms with Gasteiger partial charge in [0.15, 0.2) is 0 Å². The first-order chi connectivity index (χ1) is 16.2. The molecule has 0 radical (unpaired) electrons. The summed E-state index contributed by atoms with van der Waals surface area (Å²) in [5, 5.41) is 5.12. The van der Waals surface area contributed by atoms with Crippen LogP contribution in [0, 0.1) is 23.2 Å². The zero-order valence-corrected chi connectivity index (χ0v) is 18.3. The third-order valence-electron chi connectivity index (χ3n) is 8.03. The number of fused-ring (bicyclic) bond motifs is 1. The van der Waals surface area contributed by atoms with Crippen LogP contribution in [-0.2, 0) is 11.0 Å². The van der Waals surface area contributed by atoms with Gasteiger partial charge in [-0.25, -0.2) is 5.43 Å². The number of halogens is 3. The largest absolute Gasteiger partial charge is 0.433 e. The molecular formula is C25H23F3N4O2. The number of pyridine rings is 1. The summed E-state index contributed by atoms with van der Waals surface area (Å²) in [6, 6.07) is 8.85. The summed E-state index contributed by atoms with van der Waals surface area (Å²) in [5.74, 6) is 1.75. The van der Waals surface area contributed by atoms with Crippen LogP contribution in [0.4, 0.5) is 13.2 Å². The molecule has 0 spiro atoms. The molecule has 2 unspecified atom stereocenters. The average molecular weight is 468 g/mol. The third-order valence-corrected chi connectivity index (χ3v) is 8.03. The molecule has 4 aliphatic carbocycles. The summed E-state index contributed by atoms with van der Waals surface area (Å²) in [5.41, 5.74) is 1.79. The van der Waals surface area contributed by atoms with E-state index in [1.165, 1.54) is 25.3 Å². The lowest BCUT2D eigenvalue weighted by atomic mass is 9.73. The van der Waals surface area contributed by atoms with Gasteiger partial charge < -0.3 is 0 Å². The van der Waals surface area contributed by atoms with Crippen molar-refractivity contribution < 1.29 is 18.0 Å². The van der Waals surface area contributed by atoms with E-state index in [-0.39, 0.29) is 17.0 Å². The highest BCUT2D eigenvalue weighted by Crippen LogP contribution is 2.66. The Labute approximate surface area is 193 Å². The molecule has 4 fully saturated rings. The van der Waals surface area contributed by atoms with Gasteiger partial charge in [0.2, 0.25) is 5.91 Å². The van der Waals surface area contributed by atoms with Gasteiger partial charge >= 0.3 is 6.18 Å². The van der Waals surface area contributed by atoms with Gasteiger partial charge in [0, 0.05) is 23.6 Å². The third kappa shape index (κ3) is 3.40. The first-order valence-corrected chi connectivity index (χ1v) is 11.6. The Morgan fingerprint density at radius 2 is 1.76 bits per heavy atom. The van der Waals surface area contributed by atoms with Crippen molar-refractivity contribution in [3.05, 3.63) is 58.6 Å². The number of hydrogen-bond donors (Lipinski definition) is 1. The molecule has 0 saturated heterocycles. The fourth-order valence-corrected chi connectivity index (χ4v) is 6.91. The highest BCUT2D eigenvalue weighted by atomic mass is 19.4. The minimum absolute atomic E-state index is 0.0261. The van der Waals surface area contributed by atoms with Crippen LogP contribution in [0.25, 0.3) is 22.0 Å². The predicted molar refractivity (Wildman–Crippen MR) is 119 cm³/mol. The van der Waals surface area contributed by atoms with Crippen molar-refractivity contribution in [3.63, 3.8) is 0 Å². The van der Waals surface area contributed by atoms with Gasteiger partial charge in [-0.1, -0.05) is 18.2 Å². The van der Waals surface area contributed by atoms with Crippen molar-refractivity contribution in [1.82, 2.24) is 14.9 Å². The molecule has 34 heavy (non-hydrogen) atoms. The number of carbonyl (C=O) groups excluding carboxylic acids is 1. The zero-order valence-electron chi connectivity index (χ0n) is 18.3. The molecule has 4 bridgehead atoms. The van der Waals surface area contributed by atoms with E-state index in [0.29, 0.717) is 40.5 Å². The summed E-state index contributed by atoms with van der Waals surface area (Å²) < 4.78 is 38.9. The molecule has 3 aromatic rings. The molecule has 1 amide bonds. The lowest BCUT2D eigenvalue weighted by Gasteiger charge is -2.32. The fourth-order valence-electron chi connectivity index (χ4n) is 6.91. The van der Waals surface area contributed by atoms with Gasteiger partial charge in [0.25, 0.3) is 5.56 Å². The SMILES string of the molecule is O=C(CC12CC3CC(CC1C3)C2)Nn1nc(-c2ccc(C(F)(F)F)nc2)c2ccccc2c1=O. The molecule has 176 valence electrons. The van der Waals surface area contributed by atoms with Crippen LogP contribution in [0.15, 0.2) is 47.4 Å². The van der Waals surface area contributed by atoms with E-state index in [4.69, 9.17) is 0 Å². The van der Waals surface area contributed by atoms with E-state index < -0.39 is 17.4 Å². The van der Waals surface area contributed by atoms with Crippen molar-refractivity contribution in [2.75, 3.05) is 5.43 Å². The van der Waals surface area contributed by atoms with Gasteiger partial charge in [-0.15, -0.1) is 9.89 Å². The predicted octanol–water partition coefficient (Wildman–Crippen LogP) is 4.76. The number of nitrogens with one attached hydrogen (secondary N) is 1. The van der Waals surface area contributed by atoms with Crippen molar-refractivity contribution in [2.24, 2.45) is 23.2 Å². The number of amides is 1. The molecule has 2 aromatic heterocycles. The van der Waals surface area contributed by atoms with E-state index >= 15 is 0 Å². The summed E-state index contributed by atoms with van der Waals surface area (Å²) in [6.45, 7) is 0. The second kappa shape index (κ2) is 7.38. The van der Waals surface area contributed by atoms with Gasteiger partial charge in [0.05, 0.1) is 5.39 Å². The Kier molecular flexibility index (Phi) is 4.63. The highest BCUT2D eigenvalue weighted by molar-refractivity contribution is 5.94. The highest BCUT2D eigenvalue weighted by Gasteiger charge is 2.58. The van der Waals surface area contributed by atoms with Crippen LogP contribution in [0.5, 0.6) is 0 Å². The number of hydrogen-bond acceptors (Lipinski definition) is 4. The van der Waals surface area contributed by atoms with E-state index in [0.717, 1.165) is 29.9 Å². The van der Waals surface area contributed by atoms with Crippen LogP contribution in [0.3, 0.4) is 0 Å². The monoisotopic (exact) mass is 468 g/mol. The van der Waals surface area contributed by atoms with Gasteiger partial charge in [-0.2, -0.15) is 13.2 Å². The van der Waals surface area contributed by atoms with Gasteiger partial charge in [-0.05, 0) is 73.5 Å². The second-order valence-electron chi connectivity index (χ2n) is 10.2. The first-order valence-electron chi connectivity index (χ1n) is 11.6. The van der Waals surface area contributed by atoms with Crippen LogP contribution < -0.4 is 11.0 Å². The average Bonchev–Trinajstić information content (AvgIpc) is 3.17. The minimum Gasteiger partial charge on any atom is -0.273 e. The minimum atomic E-state index is -4.56. The normalized spacial score (nSPS) is 27.4. The number of alkyl halides is 3. The lowest BCUT2D eigenvalue weighted by Crippen LogP contribution is -2.38. The summed E-state index contributed by atoms with van der Waals surface area (Å²) >= 11 is 0. The Morgan fingerprint density at radius 1 is 1.06 bits per heavy atom. The molecule has 2 atom stereocenters. The van der Waals surface area contributed by atoms with Crippen LogP contribution in [0.1, 0.15) is 44.2 Å². The Bertz CT molecular complexity index is 1340. The lowest BCUT2D eigenvalue weighted by molar-refractivity contribution is -0.141. The van der Waals surface area contributed by atoms with E-state index in [1.807, 2.05) is 0 Å². The molecule has 9 heteroatoms. The van der Waals surface area contributed by atoms with Crippen LogP contribution in [0.2, 0.25) is 0 Å². The van der Waals surface area contributed by atoms with Gasteiger partial charge in [-0.3, -0.25) is 14.6 Å². The maximum atomic E-state index is 13.1. The maximum absolute atomic E-state index is 13.1. The first kappa shape index (κ1) is 21.3. The molecule has 2 heterocycles. The zero-order chi connectivity index (χ0) is 23.7. The Balaban J connectivity index is 1.34. The smallest absolute Gasteiger partial charge is 0.273 e. The summed E-state index contributed by atoms with van der Waals surface area (Å²) in [6.07, 6.45) is 2.71. The van der Waals surface area contributed by atoms with Crippen LogP contribution in [-0.4, -0.2) is 20.8 Å². The summed E-state index contributed by atoms with van der Waals surface area (Å²) in [7, 11) is 0. The van der Waals surface area contributed by atoms with E-state index in [9.17, 15) is 22.8 Å². The molecule has 6 nitrogen and oxygen atoms in total.